The highest BCUT2D eigenvalue weighted by molar-refractivity contribution is 6.62. The average Bonchev–Trinajstić information content (AvgIpc) is 3.55. The number of carbonyl (C=O) groups is 2. The van der Waals surface area contributed by atoms with Gasteiger partial charge in [0.05, 0.1) is 6.04 Å². The van der Waals surface area contributed by atoms with Crippen LogP contribution in [0.3, 0.4) is 0 Å². The van der Waals surface area contributed by atoms with E-state index < -0.39 is 23.4 Å². The summed E-state index contributed by atoms with van der Waals surface area (Å²) in [7, 11) is 1.87. The summed E-state index contributed by atoms with van der Waals surface area (Å²) in [5, 5.41) is 12.6. The number of carbonyl (C=O) groups excluding carboxylic acids is 2. The van der Waals surface area contributed by atoms with Gasteiger partial charge >= 0.3 is 12.2 Å². The molecule has 0 unspecified atom stereocenters. The number of ether oxygens (including phenoxy) is 2. The smallest absolute Gasteiger partial charge is 0.437 e. The van der Waals surface area contributed by atoms with Crippen LogP contribution in [0.4, 0.5) is 9.59 Å². The second kappa shape index (κ2) is 15.4. The molecule has 2 N–H and O–H groups in total. The van der Waals surface area contributed by atoms with Gasteiger partial charge in [-0.15, -0.1) is 4.99 Å². The van der Waals surface area contributed by atoms with Crippen LogP contribution in [0.5, 0.6) is 0 Å². The summed E-state index contributed by atoms with van der Waals surface area (Å²) >= 11 is 0. The molecule has 2 aromatic rings. The van der Waals surface area contributed by atoms with E-state index in [1.54, 1.807) is 41.5 Å². The van der Waals surface area contributed by atoms with Crippen molar-refractivity contribution >= 4 is 48.3 Å². The fraction of sp³-hybridized carbons (Fsp3) is 0.606. The Labute approximate surface area is 263 Å². The first kappa shape index (κ1) is 34.9. The number of hydrogen-bond donors (Lipinski definition) is 2. The summed E-state index contributed by atoms with van der Waals surface area (Å²) in [5.74, 6) is 0.209. The number of rotatable bonds is 9. The van der Waals surface area contributed by atoms with E-state index in [0.717, 1.165) is 42.3 Å². The van der Waals surface area contributed by atoms with E-state index >= 15 is 0 Å². The molecule has 2 heterocycles. The van der Waals surface area contributed by atoms with Crippen molar-refractivity contribution in [1.82, 2.24) is 14.8 Å². The van der Waals surface area contributed by atoms with Crippen molar-refractivity contribution in [1.29, 1.82) is 5.41 Å². The number of guanidine groups is 1. The highest BCUT2D eigenvalue weighted by atomic mass is 16.6. The molecule has 11 heteroatoms. The molecule has 1 aliphatic heterocycles. The first-order chi connectivity index (χ1) is 20.7. The molecule has 0 spiro atoms. The summed E-state index contributed by atoms with van der Waals surface area (Å²) in [6, 6.07) is 7.86. The van der Waals surface area contributed by atoms with Crippen LogP contribution >= 0.6 is 0 Å². The van der Waals surface area contributed by atoms with Gasteiger partial charge in [0, 0.05) is 30.4 Å². The molecular formula is C33H51BN6O4. The fourth-order valence-corrected chi connectivity index (χ4v) is 5.29. The zero-order chi connectivity index (χ0) is 32.5. The Morgan fingerprint density at radius 3 is 2.36 bits per heavy atom. The van der Waals surface area contributed by atoms with Crippen LogP contribution in [-0.2, 0) is 16.0 Å². The van der Waals surface area contributed by atoms with Crippen LogP contribution in [0.1, 0.15) is 105 Å². The Balaban J connectivity index is 1.79. The Morgan fingerprint density at radius 1 is 1.00 bits per heavy atom. The number of hydrogen-bond acceptors (Lipinski definition) is 5. The maximum absolute atomic E-state index is 12.7. The molecule has 1 atom stereocenters. The molecule has 1 aromatic heterocycles. The quantitative estimate of drug-likeness (QED) is 0.144. The average molecular weight is 607 g/mol. The molecule has 1 aromatic carbocycles. The highest BCUT2D eigenvalue weighted by Crippen LogP contribution is 2.22. The number of unbranched alkanes of at least 4 members (excludes halogenated alkanes) is 5. The number of nitrogens with zero attached hydrogens (tertiary/aromatic N) is 4. The van der Waals surface area contributed by atoms with Crippen molar-refractivity contribution < 1.29 is 19.1 Å². The molecule has 240 valence electrons. The van der Waals surface area contributed by atoms with Crippen molar-refractivity contribution in [3.63, 3.8) is 0 Å². The zero-order valence-electron chi connectivity index (χ0n) is 28.0. The van der Waals surface area contributed by atoms with Crippen LogP contribution in [0.25, 0.3) is 10.9 Å². The van der Waals surface area contributed by atoms with Crippen LogP contribution in [-0.4, -0.2) is 70.7 Å². The topological polar surface area (TPSA) is 121 Å². The van der Waals surface area contributed by atoms with Gasteiger partial charge in [-0.2, -0.15) is 0 Å². The van der Waals surface area contributed by atoms with Crippen LogP contribution < -0.4 is 5.32 Å². The maximum Gasteiger partial charge on any atom is 0.437 e. The van der Waals surface area contributed by atoms with Gasteiger partial charge in [0.25, 0.3) is 0 Å². The van der Waals surface area contributed by atoms with Gasteiger partial charge in [-0.05, 0) is 83.9 Å². The molecule has 3 rings (SSSR count). The second-order valence-electron chi connectivity index (χ2n) is 13.5. The van der Waals surface area contributed by atoms with E-state index in [-0.39, 0.29) is 17.8 Å². The lowest BCUT2D eigenvalue weighted by molar-refractivity contribution is 0.0555. The standard InChI is InChI=1S/C33H51BN6O4/c1-8-9-10-11-12-13-19-39-21-18-23-16-17-24(22-26(23)39)28(35)36-27(34)25-15-14-20-40(25)29(37-30(41)43-32(2,3)4)38-31(42)44-33(5,6)7/h16-18,21-22,25,35H,8-15,19-20,34H2,1-7H3,(H,37,38,41,42)/b35-28?,36-27-/t25-/m0/s1. The van der Waals surface area contributed by atoms with Gasteiger partial charge in [-0.25, -0.2) is 14.6 Å². The van der Waals surface area contributed by atoms with Crippen molar-refractivity contribution in [2.45, 2.75) is 124 Å². The van der Waals surface area contributed by atoms with E-state index in [4.69, 9.17) is 19.9 Å². The lowest BCUT2D eigenvalue weighted by Crippen LogP contribution is -2.50. The summed E-state index contributed by atoms with van der Waals surface area (Å²) in [5.41, 5.74) is 1.05. The summed E-state index contributed by atoms with van der Waals surface area (Å²) in [4.78, 5) is 36.0. The molecule has 1 fully saturated rings. The van der Waals surface area contributed by atoms with E-state index in [0.29, 0.717) is 12.2 Å². The van der Waals surface area contributed by atoms with E-state index in [9.17, 15) is 9.59 Å². The first-order valence-electron chi connectivity index (χ1n) is 16.0. The lowest BCUT2D eigenvalue weighted by atomic mass is 9.91. The lowest BCUT2D eigenvalue weighted by Gasteiger charge is -2.29. The highest BCUT2D eigenvalue weighted by Gasteiger charge is 2.32. The molecule has 2 amide bonds. The molecule has 44 heavy (non-hydrogen) atoms. The Morgan fingerprint density at radius 2 is 1.68 bits per heavy atom. The zero-order valence-corrected chi connectivity index (χ0v) is 28.0. The largest absolute Gasteiger partial charge is 0.444 e. The van der Waals surface area contributed by atoms with Gasteiger partial charge < -0.3 is 18.9 Å². The normalized spacial score (nSPS) is 16.3. The number of amidine groups is 1. The summed E-state index contributed by atoms with van der Waals surface area (Å²) in [6.45, 7) is 14.3. The minimum atomic E-state index is -0.811. The molecule has 0 aliphatic carbocycles. The number of amides is 2. The van der Waals surface area contributed by atoms with E-state index in [2.05, 4.69) is 34.1 Å². The molecule has 0 bridgehead atoms. The van der Waals surface area contributed by atoms with Gasteiger partial charge in [-0.3, -0.25) is 10.7 Å². The first-order valence-corrected chi connectivity index (χ1v) is 16.0. The molecule has 0 radical (unpaired) electrons. The van der Waals surface area contributed by atoms with Crippen molar-refractivity contribution in [2.24, 2.45) is 9.98 Å². The number of aromatic nitrogens is 1. The number of aliphatic imine (C=N–C) groups is 2. The van der Waals surface area contributed by atoms with E-state index in [1.807, 2.05) is 30.9 Å². The number of aryl methyl sites for hydroxylation is 1. The molecule has 10 nitrogen and oxygen atoms in total. The number of nitrogens with one attached hydrogen (secondary N) is 2. The number of alkyl carbamates (subject to hydrolysis) is 1. The predicted octanol–water partition coefficient (Wildman–Crippen LogP) is 6.64. The number of benzene rings is 1. The minimum absolute atomic E-state index is 0.0472. The molecular weight excluding hydrogens is 555 g/mol. The number of fused-ring (bicyclic) bond motifs is 1. The monoisotopic (exact) mass is 606 g/mol. The summed E-state index contributed by atoms with van der Waals surface area (Å²) < 4.78 is 13.1. The van der Waals surface area contributed by atoms with Gasteiger partial charge in [-0.1, -0.05) is 51.2 Å². The van der Waals surface area contributed by atoms with E-state index in [1.165, 1.54) is 32.1 Å². The predicted molar refractivity (Wildman–Crippen MR) is 181 cm³/mol. The van der Waals surface area contributed by atoms with Crippen LogP contribution in [0.15, 0.2) is 40.4 Å². The third-order valence-electron chi connectivity index (χ3n) is 7.30. The Bertz CT molecular complexity index is 1370. The third kappa shape index (κ3) is 10.8. The molecule has 0 saturated carbocycles. The fourth-order valence-electron chi connectivity index (χ4n) is 5.29. The van der Waals surface area contributed by atoms with Crippen molar-refractivity contribution in [3.05, 3.63) is 36.0 Å². The van der Waals surface area contributed by atoms with Crippen molar-refractivity contribution in [2.75, 3.05) is 6.54 Å². The van der Waals surface area contributed by atoms with Crippen molar-refractivity contribution in [3.8, 4) is 0 Å². The molecule has 1 saturated heterocycles. The number of likely N-dealkylation sites (tertiary alicyclic amines) is 1. The third-order valence-corrected chi connectivity index (χ3v) is 7.30. The van der Waals surface area contributed by atoms with Gasteiger partial charge in [0.2, 0.25) is 5.96 Å². The summed E-state index contributed by atoms with van der Waals surface area (Å²) in [6.07, 6.45) is 9.59. The van der Waals surface area contributed by atoms with Crippen LogP contribution in [0, 0.1) is 5.41 Å². The second-order valence-corrected chi connectivity index (χ2v) is 13.5. The Kier molecular flexibility index (Phi) is 12.2. The molecule has 1 aliphatic rings. The minimum Gasteiger partial charge on any atom is -0.444 e. The van der Waals surface area contributed by atoms with Gasteiger partial charge in [0.1, 0.15) is 11.2 Å². The SMILES string of the molecule is B/C(=N\C(=N)c1ccc2ccn(CCCCCCCC)c2c1)[C@@H]1CCCN1/C(=N\C(=O)OC(C)(C)C)NC(=O)OC(C)(C)C. The Hall–Kier alpha value is -3.63. The van der Waals surface area contributed by atoms with Crippen LogP contribution in [0.2, 0.25) is 0 Å². The maximum atomic E-state index is 12.7. The van der Waals surface area contributed by atoms with Gasteiger partial charge in [0.15, 0.2) is 13.7 Å².